The summed E-state index contributed by atoms with van der Waals surface area (Å²) in [7, 11) is 0. The van der Waals surface area contributed by atoms with E-state index in [0.717, 1.165) is 27.9 Å². The van der Waals surface area contributed by atoms with Gasteiger partial charge in [-0.3, -0.25) is 28.5 Å². The van der Waals surface area contributed by atoms with E-state index in [2.05, 4.69) is 75.4 Å². The first-order chi connectivity index (χ1) is 36.0. The SMILES string of the molecule is C.C=CN.CCOC(=O)CC(=O)CCl.CCOC(=O)CC(=O)COCc1ccccc1.Clc1cc(COCc2ccccc2)ncn1.O=P(Cl)(Cl)Cl.O=c1cc(COCc2ccccc2)nc[nH]1.OCc1ccccc1. The molecule has 0 atom stereocenters. The summed E-state index contributed by atoms with van der Waals surface area (Å²) in [5.41, 5.74) is 10.1. The van der Waals surface area contributed by atoms with Gasteiger partial charge in [-0.15, -0.1) is 11.6 Å². The maximum atomic E-state index is 11.3. The van der Waals surface area contributed by atoms with Crippen molar-refractivity contribution in [3.8, 4) is 0 Å². The maximum absolute atomic E-state index is 11.3. The van der Waals surface area contributed by atoms with E-state index in [-0.39, 0.29) is 63.1 Å². The lowest BCUT2D eigenvalue weighted by Crippen LogP contribution is -2.15. The number of aliphatic hydroxyl groups excluding tert-OH is 1. The highest BCUT2D eigenvalue weighted by atomic mass is 36.0. The molecule has 0 saturated heterocycles. The molecule has 0 aliphatic rings. The summed E-state index contributed by atoms with van der Waals surface area (Å²) >= 11 is 24.7. The van der Waals surface area contributed by atoms with E-state index < -0.39 is 17.1 Å². The standard InChI is InChI=1S/C13H16O4.C12H11ClN2O.C12H12N2O2.C7H8O.C6H9ClO3.C2H5N.CH4.Cl3OP/c1-2-17-13(15)8-12(14)10-16-9-11-6-4-3-5-7-11;13-12-6-11(14-9-15-12)8-16-7-10-4-2-1-3-5-10;15-12-6-11(13-9-14-12)8-16-7-10-4-2-1-3-5-10;8-6-7-4-2-1-3-5-7;1-2-10-6(9)3-5(8)4-7;1-2-3;;1-5(2,3)4/h3-7H,2,8-10H2,1H3;1-6,9H,7-8H2;1-6,9H,7-8H2,(H,13,14,15);1-5,8H,6H2;2-4H2,1H3;2H,1,3H2;1H4;. The molecule has 0 radical (unpaired) electrons. The van der Waals surface area contributed by atoms with Crippen LogP contribution in [-0.2, 0) is 87.1 Å². The van der Waals surface area contributed by atoms with Crippen LogP contribution in [0.4, 0.5) is 0 Å². The van der Waals surface area contributed by atoms with Crippen LogP contribution in [0, 0.1) is 0 Å². The van der Waals surface area contributed by atoms with E-state index in [0.29, 0.717) is 50.5 Å². The smallest absolute Gasteiger partial charge is 0.339 e. The van der Waals surface area contributed by atoms with Crippen molar-refractivity contribution in [1.82, 2.24) is 19.9 Å². The molecule has 4 N–H and O–H groups in total. The number of benzene rings is 4. The lowest BCUT2D eigenvalue weighted by molar-refractivity contribution is -0.147. The molecule has 0 spiro atoms. The second kappa shape index (κ2) is 47.6. The number of aliphatic hydroxyl groups is 1. The monoisotopic (exact) mass is 1170 g/mol. The maximum Gasteiger partial charge on any atom is 0.339 e. The van der Waals surface area contributed by atoms with Crippen LogP contribution in [0.25, 0.3) is 0 Å². The number of nitrogens with one attached hydrogen (secondary N) is 1. The molecule has 2 aromatic heterocycles. The molecular formula is C53H65Cl5N5O12P. The molecule has 4 aromatic carbocycles. The molecule has 2 heterocycles. The summed E-state index contributed by atoms with van der Waals surface area (Å²) in [6.45, 7) is 9.44. The van der Waals surface area contributed by atoms with Crippen molar-refractivity contribution < 1.29 is 52.5 Å². The van der Waals surface area contributed by atoms with Crippen molar-refractivity contribution in [3.63, 3.8) is 0 Å². The highest BCUT2D eigenvalue weighted by Gasteiger charge is 2.10. The quantitative estimate of drug-likeness (QED) is 0.0211. The van der Waals surface area contributed by atoms with Crippen molar-refractivity contribution >= 4 is 85.6 Å². The number of aromatic nitrogens is 4. The molecule has 17 nitrogen and oxygen atoms in total. The van der Waals surface area contributed by atoms with Crippen molar-refractivity contribution in [2.24, 2.45) is 5.73 Å². The summed E-state index contributed by atoms with van der Waals surface area (Å²) in [5, 5.41) is 5.75. The number of halogens is 5. The Morgan fingerprint density at radius 2 is 1.03 bits per heavy atom. The summed E-state index contributed by atoms with van der Waals surface area (Å²) in [5.74, 6) is -1.70. The minimum Gasteiger partial charge on any atom is -0.466 e. The van der Waals surface area contributed by atoms with Crippen LogP contribution < -0.4 is 11.3 Å². The zero-order valence-electron chi connectivity index (χ0n) is 41.3. The largest absolute Gasteiger partial charge is 0.466 e. The number of esters is 2. The highest BCUT2D eigenvalue weighted by Crippen LogP contribution is 2.61. The van der Waals surface area contributed by atoms with Gasteiger partial charge < -0.3 is 39.5 Å². The van der Waals surface area contributed by atoms with Crippen LogP contribution in [0.5, 0.6) is 0 Å². The van der Waals surface area contributed by atoms with Gasteiger partial charge in [-0.05, 0) is 82.1 Å². The molecule has 0 saturated carbocycles. The van der Waals surface area contributed by atoms with Crippen molar-refractivity contribution in [2.45, 2.75) is 73.8 Å². The summed E-state index contributed by atoms with van der Waals surface area (Å²) < 4.78 is 34.8. The van der Waals surface area contributed by atoms with E-state index in [1.165, 1.54) is 24.9 Å². The Bertz CT molecular complexity index is 2550. The third-order valence-electron chi connectivity index (χ3n) is 7.99. The molecule has 0 aliphatic carbocycles. The zero-order chi connectivity index (χ0) is 56.0. The lowest BCUT2D eigenvalue weighted by Gasteiger charge is -2.03. The fourth-order valence-electron chi connectivity index (χ4n) is 4.92. The average molecular weight is 1170 g/mol. The van der Waals surface area contributed by atoms with Gasteiger partial charge in [0.15, 0.2) is 11.6 Å². The number of carbonyl (C=O) groups excluding carboxylic acids is 4. The fraction of sp³-hybridized carbons (Fsp3) is 0.283. The Hall–Kier alpha value is -5.82. The minimum atomic E-state index is -3.22. The number of H-pyrrole nitrogens is 1. The zero-order valence-corrected chi connectivity index (χ0v) is 46.0. The van der Waals surface area contributed by atoms with Gasteiger partial charge in [-0.1, -0.05) is 147 Å². The Morgan fingerprint density at radius 1 is 0.645 bits per heavy atom. The summed E-state index contributed by atoms with van der Waals surface area (Å²) in [4.78, 5) is 68.5. The second-order valence-electron chi connectivity index (χ2n) is 14.1. The molecule has 414 valence electrons. The molecule has 0 unspecified atom stereocenters. The minimum absolute atomic E-state index is 0. The number of alkyl halides is 1. The van der Waals surface area contributed by atoms with Crippen LogP contribution >= 0.6 is 62.1 Å². The first kappa shape index (κ1) is 72.3. The van der Waals surface area contributed by atoms with Crippen LogP contribution in [0.15, 0.2) is 164 Å². The predicted octanol–water partition coefficient (Wildman–Crippen LogP) is 11.5. The van der Waals surface area contributed by atoms with Crippen molar-refractivity contribution in [2.75, 3.05) is 25.7 Å². The Balaban J connectivity index is 0. The number of nitrogens with two attached hydrogens (primary N) is 1. The Morgan fingerprint density at radius 3 is 1.38 bits per heavy atom. The van der Waals surface area contributed by atoms with Gasteiger partial charge in [0.25, 0.3) is 5.56 Å². The summed E-state index contributed by atoms with van der Waals surface area (Å²) in [6.07, 6.45) is 3.63. The Labute approximate surface area is 468 Å². The van der Waals surface area contributed by atoms with Gasteiger partial charge in [0.2, 0.25) is 0 Å². The highest BCUT2D eigenvalue weighted by molar-refractivity contribution is 8.24. The van der Waals surface area contributed by atoms with E-state index in [4.69, 9.17) is 42.5 Å². The molecule has 0 fully saturated rings. The van der Waals surface area contributed by atoms with Crippen LogP contribution in [0.1, 0.15) is 67.8 Å². The summed E-state index contributed by atoms with van der Waals surface area (Å²) in [6, 6.07) is 42.1. The lowest BCUT2D eigenvalue weighted by atomic mass is 10.2. The van der Waals surface area contributed by atoms with Gasteiger partial charge in [-0.25, -0.2) is 15.0 Å². The number of carbonyl (C=O) groups is 4. The normalized spacial score (nSPS) is 9.63. The number of nitrogens with zero attached hydrogens (tertiary/aromatic N) is 3. The number of ether oxygens (including phenoxy) is 5. The van der Waals surface area contributed by atoms with Crippen molar-refractivity contribution in [3.05, 3.63) is 208 Å². The number of hydrogen-bond acceptors (Lipinski definition) is 16. The number of rotatable bonds is 20. The molecule has 0 aliphatic heterocycles. The number of hydrogen-bond donors (Lipinski definition) is 3. The predicted molar refractivity (Wildman–Crippen MR) is 300 cm³/mol. The molecule has 76 heavy (non-hydrogen) atoms. The molecule has 6 rings (SSSR count). The van der Waals surface area contributed by atoms with Crippen LogP contribution in [0.3, 0.4) is 0 Å². The molecule has 0 amide bonds. The van der Waals surface area contributed by atoms with E-state index in [1.54, 1.807) is 19.9 Å². The Kier molecular flexibility index (Phi) is 45.3. The van der Waals surface area contributed by atoms with Gasteiger partial charge in [0, 0.05) is 6.07 Å². The molecule has 23 heteroatoms. The fourth-order valence-corrected chi connectivity index (χ4v) is 5.18. The molecule has 0 bridgehead atoms. The first-order valence-electron chi connectivity index (χ1n) is 22.4. The first-order valence-corrected chi connectivity index (χ1v) is 27.7. The third-order valence-corrected chi connectivity index (χ3v) is 8.50. The molecular weight excluding hydrogens is 1110 g/mol. The van der Waals surface area contributed by atoms with Gasteiger partial charge in [0.1, 0.15) is 30.9 Å². The van der Waals surface area contributed by atoms with E-state index in [1.807, 2.05) is 121 Å². The second-order valence-corrected chi connectivity index (χ2v) is 21.4. The third kappa shape index (κ3) is 45.6. The van der Waals surface area contributed by atoms with Crippen LogP contribution in [0.2, 0.25) is 5.15 Å². The van der Waals surface area contributed by atoms with Gasteiger partial charge in [-0.2, -0.15) is 0 Å². The number of aromatic amines is 1. The topological polar surface area (TPSA) is 249 Å². The number of ketones is 2. The average Bonchev–Trinajstić information content (AvgIpc) is 3.38. The van der Waals surface area contributed by atoms with E-state index in [9.17, 15) is 28.5 Å². The number of Topliss-reactive ketones (excluding diaryl/α,β-unsaturated/α-hetero) is 2. The molecule has 6 aromatic rings. The van der Waals surface area contributed by atoms with Crippen molar-refractivity contribution in [1.29, 1.82) is 0 Å². The van der Waals surface area contributed by atoms with Gasteiger partial charge in [0.05, 0.1) is 76.5 Å². The van der Waals surface area contributed by atoms with Gasteiger partial charge >= 0.3 is 17.1 Å². The van der Waals surface area contributed by atoms with Crippen LogP contribution in [-0.4, -0.2) is 74.2 Å². The van der Waals surface area contributed by atoms with E-state index >= 15 is 0 Å².